The first-order chi connectivity index (χ1) is 7.66. The maximum atomic E-state index is 12.7. The van der Waals surface area contributed by atoms with E-state index in [0.29, 0.717) is 16.8 Å². The molecular weight excluding hydrogens is 213 g/mol. The summed E-state index contributed by atoms with van der Waals surface area (Å²) >= 11 is 0. The molecule has 0 aliphatic carbocycles. The van der Waals surface area contributed by atoms with Crippen LogP contribution in [0.5, 0.6) is 0 Å². The number of hydrogen-bond acceptors (Lipinski definition) is 3. The van der Waals surface area contributed by atoms with Crippen molar-refractivity contribution in [3.05, 3.63) is 42.0 Å². The number of carbonyl (C=O) groups is 1. The summed E-state index contributed by atoms with van der Waals surface area (Å²) in [7, 11) is 0. The fraction of sp³-hybridized carbons (Fsp3) is 0.0909. The van der Waals surface area contributed by atoms with Crippen LogP contribution in [0, 0.1) is 5.82 Å². The van der Waals surface area contributed by atoms with Crippen LogP contribution in [0.25, 0.3) is 11.1 Å². The van der Waals surface area contributed by atoms with E-state index in [-0.39, 0.29) is 12.2 Å². The molecule has 0 saturated carbocycles. The minimum Gasteiger partial charge on any atom is -0.481 e. The number of aromatic nitrogens is 1. The fourth-order valence-electron chi connectivity index (χ4n) is 1.39. The molecule has 0 radical (unpaired) electrons. The highest BCUT2D eigenvalue weighted by atomic mass is 19.1. The van der Waals surface area contributed by atoms with E-state index < -0.39 is 5.97 Å². The quantitative estimate of drug-likeness (QED) is 0.862. The molecule has 0 bridgehead atoms. The van der Waals surface area contributed by atoms with Gasteiger partial charge in [0.1, 0.15) is 17.8 Å². The van der Waals surface area contributed by atoms with E-state index in [1.54, 1.807) is 12.1 Å². The molecule has 1 aromatic heterocycles. The predicted octanol–water partition coefficient (Wildman–Crippen LogP) is 2.11. The van der Waals surface area contributed by atoms with Crippen LogP contribution in [-0.2, 0) is 11.2 Å². The SMILES string of the molecule is O=C(O)Cc1nocc1-c1ccc(F)cc1. The maximum Gasteiger partial charge on any atom is 0.309 e. The second-order valence-corrected chi connectivity index (χ2v) is 3.25. The summed E-state index contributed by atoms with van der Waals surface area (Å²) in [6.07, 6.45) is 1.13. The third kappa shape index (κ3) is 2.08. The molecule has 1 heterocycles. The molecule has 0 saturated heterocycles. The van der Waals surface area contributed by atoms with Crippen molar-refractivity contribution in [2.45, 2.75) is 6.42 Å². The Morgan fingerprint density at radius 2 is 2.06 bits per heavy atom. The van der Waals surface area contributed by atoms with Gasteiger partial charge in [-0.2, -0.15) is 0 Å². The second kappa shape index (κ2) is 4.14. The Morgan fingerprint density at radius 1 is 1.38 bits per heavy atom. The zero-order valence-electron chi connectivity index (χ0n) is 8.18. The van der Waals surface area contributed by atoms with Crippen molar-refractivity contribution in [2.75, 3.05) is 0 Å². The predicted molar refractivity (Wildman–Crippen MR) is 53.2 cm³/mol. The Balaban J connectivity index is 2.36. The van der Waals surface area contributed by atoms with Crippen LogP contribution in [-0.4, -0.2) is 16.2 Å². The zero-order chi connectivity index (χ0) is 11.5. The van der Waals surface area contributed by atoms with E-state index in [4.69, 9.17) is 9.63 Å². The molecule has 0 unspecified atom stereocenters. The maximum absolute atomic E-state index is 12.7. The van der Waals surface area contributed by atoms with Crippen LogP contribution < -0.4 is 0 Å². The average molecular weight is 221 g/mol. The highest BCUT2D eigenvalue weighted by Crippen LogP contribution is 2.23. The van der Waals surface area contributed by atoms with E-state index in [1.807, 2.05) is 0 Å². The Morgan fingerprint density at radius 3 is 2.69 bits per heavy atom. The van der Waals surface area contributed by atoms with Crippen molar-refractivity contribution in [1.29, 1.82) is 0 Å². The Labute approximate surface area is 90.3 Å². The summed E-state index contributed by atoms with van der Waals surface area (Å²) in [5, 5.41) is 12.3. The summed E-state index contributed by atoms with van der Waals surface area (Å²) in [6, 6.07) is 5.69. The van der Waals surface area contributed by atoms with Crippen molar-refractivity contribution in [3.8, 4) is 11.1 Å². The van der Waals surface area contributed by atoms with Crippen LogP contribution in [0.3, 0.4) is 0 Å². The van der Waals surface area contributed by atoms with Gasteiger partial charge >= 0.3 is 5.97 Å². The summed E-state index contributed by atoms with van der Waals surface area (Å²) in [4.78, 5) is 10.6. The highest BCUT2D eigenvalue weighted by molar-refractivity contribution is 5.74. The van der Waals surface area contributed by atoms with E-state index in [2.05, 4.69) is 5.16 Å². The van der Waals surface area contributed by atoms with Crippen molar-refractivity contribution < 1.29 is 18.8 Å². The van der Waals surface area contributed by atoms with Crippen LogP contribution in [0.15, 0.2) is 35.1 Å². The lowest BCUT2D eigenvalue weighted by Gasteiger charge is -1.98. The molecular formula is C11H8FNO3. The molecule has 16 heavy (non-hydrogen) atoms. The fourth-order valence-corrected chi connectivity index (χ4v) is 1.39. The van der Waals surface area contributed by atoms with Crippen molar-refractivity contribution >= 4 is 5.97 Å². The molecule has 0 spiro atoms. The van der Waals surface area contributed by atoms with Gasteiger partial charge in [-0.05, 0) is 17.7 Å². The zero-order valence-corrected chi connectivity index (χ0v) is 8.18. The minimum absolute atomic E-state index is 0.219. The van der Waals surface area contributed by atoms with Crippen molar-refractivity contribution in [2.24, 2.45) is 0 Å². The van der Waals surface area contributed by atoms with Gasteiger partial charge in [-0.3, -0.25) is 4.79 Å². The van der Waals surface area contributed by atoms with Gasteiger partial charge in [0.25, 0.3) is 0 Å². The first-order valence-corrected chi connectivity index (χ1v) is 4.58. The largest absolute Gasteiger partial charge is 0.481 e. The molecule has 5 heteroatoms. The van der Waals surface area contributed by atoms with Crippen molar-refractivity contribution in [1.82, 2.24) is 5.16 Å². The third-order valence-corrected chi connectivity index (χ3v) is 2.12. The number of rotatable bonds is 3. The molecule has 2 aromatic rings. The van der Waals surface area contributed by atoms with Gasteiger partial charge < -0.3 is 9.63 Å². The minimum atomic E-state index is -0.989. The number of nitrogens with zero attached hydrogens (tertiary/aromatic N) is 1. The van der Waals surface area contributed by atoms with Crippen LogP contribution in [0.2, 0.25) is 0 Å². The molecule has 0 aliphatic rings. The van der Waals surface area contributed by atoms with E-state index >= 15 is 0 Å². The molecule has 1 aromatic carbocycles. The topological polar surface area (TPSA) is 63.3 Å². The molecule has 2 rings (SSSR count). The first-order valence-electron chi connectivity index (χ1n) is 4.58. The van der Waals surface area contributed by atoms with Gasteiger partial charge in [-0.1, -0.05) is 17.3 Å². The first kappa shape index (κ1) is 10.4. The van der Waals surface area contributed by atoms with Gasteiger partial charge in [-0.15, -0.1) is 0 Å². The molecule has 82 valence electrons. The number of hydrogen-bond donors (Lipinski definition) is 1. The Kier molecular flexibility index (Phi) is 2.68. The number of halogens is 1. The number of carboxylic acids is 1. The number of aliphatic carboxylic acids is 1. The van der Waals surface area contributed by atoms with Crippen LogP contribution in [0.1, 0.15) is 5.69 Å². The molecule has 0 atom stereocenters. The molecule has 0 fully saturated rings. The summed E-state index contributed by atoms with van der Waals surface area (Å²) in [5.74, 6) is -1.34. The van der Waals surface area contributed by atoms with E-state index in [1.165, 1.54) is 18.4 Å². The summed E-state index contributed by atoms with van der Waals surface area (Å²) in [5.41, 5.74) is 1.58. The van der Waals surface area contributed by atoms with Crippen LogP contribution in [0.4, 0.5) is 4.39 Å². The molecule has 1 N–H and O–H groups in total. The average Bonchev–Trinajstić information content (AvgIpc) is 2.66. The Hall–Kier alpha value is -2.17. The third-order valence-electron chi connectivity index (χ3n) is 2.12. The molecule has 4 nitrogen and oxygen atoms in total. The van der Waals surface area contributed by atoms with Gasteiger partial charge in [0.05, 0.1) is 6.42 Å². The molecule has 0 amide bonds. The standard InChI is InChI=1S/C11H8FNO3/c12-8-3-1-7(2-4-8)9-6-16-13-10(9)5-11(14)15/h1-4,6H,5H2,(H,14,15). The monoisotopic (exact) mass is 221 g/mol. The van der Waals surface area contributed by atoms with Gasteiger partial charge in [0, 0.05) is 5.56 Å². The van der Waals surface area contributed by atoms with E-state index in [0.717, 1.165) is 0 Å². The van der Waals surface area contributed by atoms with Gasteiger partial charge in [0.2, 0.25) is 0 Å². The smallest absolute Gasteiger partial charge is 0.309 e. The highest BCUT2D eigenvalue weighted by Gasteiger charge is 2.13. The summed E-state index contributed by atoms with van der Waals surface area (Å²) < 4.78 is 17.4. The second-order valence-electron chi connectivity index (χ2n) is 3.25. The van der Waals surface area contributed by atoms with Crippen LogP contribution >= 0.6 is 0 Å². The van der Waals surface area contributed by atoms with Gasteiger partial charge in [0.15, 0.2) is 0 Å². The lowest BCUT2D eigenvalue weighted by atomic mass is 10.1. The summed E-state index contributed by atoms with van der Waals surface area (Å²) in [6.45, 7) is 0. The van der Waals surface area contributed by atoms with Gasteiger partial charge in [-0.25, -0.2) is 4.39 Å². The van der Waals surface area contributed by atoms with E-state index in [9.17, 15) is 9.18 Å². The normalized spacial score (nSPS) is 10.3. The Bertz CT molecular complexity index is 504. The number of carboxylic acid groups (broad SMARTS) is 1. The molecule has 0 aliphatic heterocycles. The van der Waals surface area contributed by atoms with Crippen molar-refractivity contribution in [3.63, 3.8) is 0 Å². The lowest BCUT2D eigenvalue weighted by Crippen LogP contribution is -2.01. The number of benzene rings is 1. The lowest BCUT2D eigenvalue weighted by molar-refractivity contribution is -0.136.